The maximum absolute atomic E-state index is 12.4. The molecule has 2 nitrogen and oxygen atoms in total. The van der Waals surface area contributed by atoms with Gasteiger partial charge in [0.05, 0.1) is 5.56 Å². The molecule has 0 N–H and O–H groups in total. The van der Waals surface area contributed by atoms with Crippen LogP contribution in [0.2, 0.25) is 0 Å². The average molecular weight is 289 g/mol. The second-order valence-electron chi connectivity index (χ2n) is 4.91. The van der Waals surface area contributed by atoms with E-state index in [2.05, 4.69) is 18.8 Å². The fourth-order valence-corrected chi connectivity index (χ4v) is 1.99. The van der Waals surface area contributed by atoms with Crippen LogP contribution >= 0.6 is 0 Å². The van der Waals surface area contributed by atoms with E-state index in [4.69, 9.17) is 4.74 Å². The first-order chi connectivity index (χ1) is 9.47. The number of pyridine rings is 1. The minimum atomic E-state index is -4.35. The van der Waals surface area contributed by atoms with Gasteiger partial charge in [-0.15, -0.1) is 0 Å². The van der Waals surface area contributed by atoms with Crippen LogP contribution < -0.4 is 4.74 Å². The molecule has 114 valence electrons. The molecule has 0 amide bonds. The van der Waals surface area contributed by atoms with E-state index >= 15 is 0 Å². The van der Waals surface area contributed by atoms with Crippen LogP contribution in [0.4, 0.5) is 13.2 Å². The van der Waals surface area contributed by atoms with Crippen LogP contribution in [-0.2, 0) is 6.18 Å². The largest absolute Gasteiger partial charge is 0.474 e. The molecule has 0 spiro atoms. The number of alkyl halides is 3. The molecule has 1 heterocycles. The highest BCUT2D eigenvalue weighted by Crippen LogP contribution is 2.29. The summed E-state index contributed by atoms with van der Waals surface area (Å²) in [6, 6.07) is 2.31. The minimum absolute atomic E-state index is 0.0378. The van der Waals surface area contributed by atoms with Crippen LogP contribution in [0.15, 0.2) is 18.3 Å². The molecule has 1 atom stereocenters. The van der Waals surface area contributed by atoms with Crippen molar-refractivity contribution < 1.29 is 17.9 Å². The Hall–Kier alpha value is -1.26. The molecule has 20 heavy (non-hydrogen) atoms. The molecule has 0 aliphatic carbocycles. The molecular weight excluding hydrogens is 267 g/mol. The predicted molar refractivity (Wildman–Crippen MR) is 72.7 cm³/mol. The van der Waals surface area contributed by atoms with Crippen LogP contribution in [0.5, 0.6) is 5.88 Å². The SMILES string of the molecule is CCCCCC(CCC)Oc1ccc(C(F)(F)F)cn1. The number of ether oxygens (including phenoxy) is 1. The van der Waals surface area contributed by atoms with Crippen molar-refractivity contribution in [3.05, 3.63) is 23.9 Å². The van der Waals surface area contributed by atoms with Crippen molar-refractivity contribution in [3.8, 4) is 5.88 Å². The molecule has 0 fully saturated rings. The maximum atomic E-state index is 12.4. The molecule has 1 unspecified atom stereocenters. The molecule has 1 rings (SSSR count). The average Bonchev–Trinajstić information content (AvgIpc) is 2.39. The summed E-state index contributed by atoms with van der Waals surface area (Å²) in [6.07, 6.45) is 2.66. The monoisotopic (exact) mass is 289 g/mol. The van der Waals surface area contributed by atoms with E-state index in [1.165, 1.54) is 6.07 Å². The zero-order chi connectivity index (χ0) is 15.0. The van der Waals surface area contributed by atoms with E-state index in [9.17, 15) is 13.2 Å². The molecule has 0 aliphatic heterocycles. The Labute approximate surface area is 118 Å². The van der Waals surface area contributed by atoms with Crippen molar-refractivity contribution in [3.63, 3.8) is 0 Å². The lowest BCUT2D eigenvalue weighted by Gasteiger charge is -2.18. The number of nitrogens with zero attached hydrogens (tertiary/aromatic N) is 1. The molecule has 0 aliphatic rings. The van der Waals surface area contributed by atoms with Crippen LogP contribution in [-0.4, -0.2) is 11.1 Å². The van der Waals surface area contributed by atoms with Crippen LogP contribution in [0.25, 0.3) is 0 Å². The molecule has 5 heteroatoms. The summed E-state index contributed by atoms with van der Waals surface area (Å²) in [6.45, 7) is 4.20. The number of aromatic nitrogens is 1. The first kappa shape index (κ1) is 16.8. The van der Waals surface area contributed by atoms with Crippen molar-refractivity contribution in [1.82, 2.24) is 4.98 Å². The maximum Gasteiger partial charge on any atom is 0.417 e. The summed E-state index contributed by atoms with van der Waals surface area (Å²) in [5.41, 5.74) is -0.747. The lowest BCUT2D eigenvalue weighted by Crippen LogP contribution is -2.17. The number of rotatable bonds is 8. The molecule has 0 bridgehead atoms. The van der Waals surface area contributed by atoms with E-state index in [-0.39, 0.29) is 12.0 Å². The smallest absolute Gasteiger partial charge is 0.417 e. The standard InChI is InChI=1S/C15H22F3NO/c1-3-5-6-8-13(7-4-2)20-14-10-9-12(11-19-14)15(16,17)18/h9-11,13H,3-8H2,1-2H3. The molecule has 1 aromatic heterocycles. The Balaban J connectivity index is 2.59. The zero-order valence-corrected chi connectivity index (χ0v) is 12.0. The highest BCUT2D eigenvalue weighted by molar-refractivity contribution is 5.20. The lowest BCUT2D eigenvalue weighted by molar-refractivity contribution is -0.137. The third-order valence-electron chi connectivity index (χ3n) is 3.09. The summed E-state index contributed by atoms with van der Waals surface area (Å²) < 4.78 is 43.0. The van der Waals surface area contributed by atoms with Crippen LogP contribution in [0.1, 0.15) is 57.9 Å². The summed E-state index contributed by atoms with van der Waals surface area (Å²) in [7, 11) is 0. The highest BCUT2D eigenvalue weighted by Gasteiger charge is 2.30. The van der Waals surface area contributed by atoms with Gasteiger partial charge in [0, 0.05) is 12.3 Å². The third-order valence-corrected chi connectivity index (χ3v) is 3.09. The summed E-state index contributed by atoms with van der Waals surface area (Å²) in [5, 5.41) is 0. The summed E-state index contributed by atoms with van der Waals surface area (Å²) in [5.74, 6) is 0.271. The Kier molecular flexibility index (Phi) is 6.82. The van der Waals surface area contributed by atoms with Crippen LogP contribution in [0, 0.1) is 0 Å². The van der Waals surface area contributed by atoms with Crippen molar-refractivity contribution in [2.24, 2.45) is 0 Å². The van der Waals surface area contributed by atoms with Gasteiger partial charge in [0.15, 0.2) is 0 Å². The quantitative estimate of drug-likeness (QED) is 0.611. The molecule has 0 saturated carbocycles. The molecule has 1 aromatic rings. The summed E-state index contributed by atoms with van der Waals surface area (Å²) in [4.78, 5) is 3.75. The van der Waals surface area contributed by atoms with Crippen molar-refractivity contribution in [2.75, 3.05) is 0 Å². The van der Waals surface area contributed by atoms with Crippen molar-refractivity contribution in [2.45, 2.75) is 64.7 Å². The van der Waals surface area contributed by atoms with Gasteiger partial charge in [-0.3, -0.25) is 0 Å². The van der Waals surface area contributed by atoms with E-state index in [0.717, 1.165) is 50.8 Å². The predicted octanol–water partition coefficient (Wildman–Crippen LogP) is 5.23. The Morgan fingerprint density at radius 2 is 1.85 bits per heavy atom. The number of unbranched alkanes of at least 4 members (excludes halogenated alkanes) is 2. The van der Waals surface area contributed by atoms with Gasteiger partial charge >= 0.3 is 6.18 Å². The number of hydrogen-bond acceptors (Lipinski definition) is 2. The molecule has 0 aromatic carbocycles. The van der Waals surface area contributed by atoms with Gasteiger partial charge in [0.1, 0.15) is 6.10 Å². The number of hydrogen-bond donors (Lipinski definition) is 0. The van der Waals surface area contributed by atoms with E-state index in [1.54, 1.807) is 0 Å². The van der Waals surface area contributed by atoms with Crippen LogP contribution in [0.3, 0.4) is 0 Å². The Bertz CT molecular complexity index is 376. The van der Waals surface area contributed by atoms with Gasteiger partial charge in [0.25, 0.3) is 0 Å². The van der Waals surface area contributed by atoms with E-state index in [0.29, 0.717) is 0 Å². The number of halogens is 3. The zero-order valence-electron chi connectivity index (χ0n) is 12.0. The third kappa shape index (κ3) is 5.80. The second-order valence-corrected chi connectivity index (χ2v) is 4.91. The highest BCUT2D eigenvalue weighted by atomic mass is 19.4. The molecule has 0 radical (unpaired) electrons. The fourth-order valence-electron chi connectivity index (χ4n) is 1.99. The van der Waals surface area contributed by atoms with Gasteiger partial charge in [-0.05, 0) is 25.3 Å². The first-order valence-electron chi connectivity index (χ1n) is 7.17. The van der Waals surface area contributed by atoms with Crippen molar-refractivity contribution >= 4 is 0 Å². The fraction of sp³-hybridized carbons (Fsp3) is 0.667. The summed E-state index contributed by atoms with van der Waals surface area (Å²) >= 11 is 0. The Morgan fingerprint density at radius 1 is 1.10 bits per heavy atom. The van der Waals surface area contributed by atoms with Gasteiger partial charge in [-0.1, -0.05) is 33.1 Å². The molecule has 0 saturated heterocycles. The lowest BCUT2D eigenvalue weighted by atomic mass is 10.1. The minimum Gasteiger partial charge on any atom is -0.474 e. The van der Waals surface area contributed by atoms with Crippen molar-refractivity contribution in [1.29, 1.82) is 0 Å². The van der Waals surface area contributed by atoms with Gasteiger partial charge in [0.2, 0.25) is 5.88 Å². The molecular formula is C15H22F3NO. The normalized spacial score (nSPS) is 13.2. The topological polar surface area (TPSA) is 22.1 Å². The second kappa shape index (κ2) is 8.12. The Morgan fingerprint density at radius 3 is 2.35 bits per heavy atom. The van der Waals surface area contributed by atoms with Gasteiger partial charge < -0.3 is 4.74 Å². The van der Waals surface area contributed by atoms with Gasteiger partial charge in [-0.2, -0.15) is 13.2 Å². The van der Waals surface area contributed by atoms with E-state index in [1.807, 2.05) is 0 Å². The van der Waals surface area contributed by atoms with Gasteiger partial charge in [-0.25, -0.2) is 4.98 Å². The van der Waals surface area contributed by atoms with E-state index < -0.39 is 11.7 Å². The first-order valence-corrected chi connectivity index (χ1v) is 7.17.